The SMILES string of the molecule is NNC(Cc1ccc(F)c(Cl)c1)c1ccc(Br)cc1. The first-order chi connectivity index (χ1) is 9.10. The molecule has 0 spiro atoms. The topological polar surface area (TPSA) is 38.0 Å². The van der Waals surface area contributed by atoms with Crippen molar-refractivity contribution in [3.63, 3.8) is 0 Å². The maximum atomic E-state index is 13.1. The Hall–Kier alpha value is -0.940. The summed E-state index contributed by atoms with van der Waals surface area (Å²) in [5, 5.41) is 0.129. The van der Waals surface area contributed by atoms with Gasteiger partial charge in [-0.3, -0.25) is 11.3 Å². The first-order valence-electron chi connectivity index (χ1n) is 5.75. The number of nitrogens with one attached hydrogen (secondary N) is 1. The molecule has 2 nitrogen and oxygen atoms in total. The van der Waals surface area contributed by atoms with E-state index in [4.69, 9.17) is 17.4 Å². The Morgan fingerprint density at radius 2 is 1.89 bits per heavy atom. The summed E-state index contributed by atoms with van der Waals surface area (Å²) in [5.74, 6) is 5.18. The van der Waals surface area contributed by atoms with Crippen molar-refractivity contribution < 1.29 is 4.39 Å². The van der Waals surface area contributed by atoms with Crippen LogP contribution in [0.5, 0.6) is 0 Å². The van der Waals surface area contributed by atoms with Crippen LogP contribution < -0.4 is 11.3 Å². The van der Waals surface area contributed by atoms with E-state index in [1.54, 1.807) is 12.1 Å². The van der Waals surface area contributed by atoms with Gasteiger partial charge in [0.2, 0.25) is 0 Å². The van der Waals surface area contributed by atoms with Crippen LogP contribution in [0.2, 0.25) is 5.02 Å². The standard InChI is InChI=1S/C14H13BrClFN2/c15-11-4-2-10(3-5-11)14(19-18)8-9-1-6-13(17)12(16)7-9/h1-7,14,19H,8,18H2. The molecule has 19 heavy (non-hydrogen) atoms. The molecule has 3 N–H and O–H groups in total. The van der Waals surface area contributed by atoms with Crippen molar-refractivity contribution >= 4 is 27.5 Å². The van der Waals surface area contributed by atoms with Crippen molar-refractivity contribution in [1.29, 1.82) is 0 Å². The van der Waals surface area contributed by atoms with Gasteiger partial charge < -0.3 is 0 Å². The van der Waals surface area contributed by atoms with Gasteiger partial charge in [-0.15, -0.1) is 0 Å². The molecule has 0 amide bonds. The summed E-state index contributed by atoms with van der Waals surface area (Å²) in [6, 6.07) is 12.5. The second-order valence-corrected chi connectivity index (χ2v) is 5.55. The number of hydrogen-bond acceptors (Lipinski definition) is 2. The van der Waals surface area contributed by atoms with Crippen LogP contribution in [0.15, 0.2) is 46.9 Å². The second-order valence-electron chi connectivity index (χ2n) is 4.22. The van der Waals surface area contributed by atoms with Crippen molar-refractivity contribution in [2.45, 2.75) is 12.5 Å². The maximum Gasteiger partial charge on any atom is 0.141 e. The van der Waals surface area contributed by atoms with E-state index in [0.29, 0.717) is 6.42 Å². The summed E-state index contributed by atoms with van der Waals surface area (Å²) in [5.41, 5.74) is 4.76. The number of hydrogen-bond donors (Lipinski definition) is 2. The lowest BCUT2D eigenvalue weighted by Crippen LogP contribution is -2.29. The molecular weight excluding hydrogens is 331 g/mol. The van der Waals surface area contributed by atoms with Gasteiger partial charge in [0.1, 0.15) is 5.82 Å². The van der Waals surface area contributed by atoms with Gasteiger partial charge in [0.25, 0.3) is 0 Å². The van der Waals surface area contributed by atoms with E-state index in [1.807, 2.05) is 24.3 Å². The summed E-state index contributed by atoms with van der Waals surface area (Å²) >= 11 is 9.16. The number of halogens is 3. The average molecular weight is 344 g/mol. The third-order valence-corrected chi connectivity index (χ3v) is 3.72. The Morgan fingerprint density at radius 3 is 2.47 bits per heavy atom. The molecule has 0 bridgehead atoms. The molecule has 5 heteroatoms. The third-order valence-electron chi connectivity index (χ3n) is 2.90. The monoisotopic (exact) mass is 342 g/mol. The summed E-state index contributed by atoms with van der Waals surface area (Å²) in [7, 11) is 0. The molecule has 0 radical (unpaired) electrons. The van der Waals surface area contributed by atoms with Gasteiger partial charge in [-0.05, 0) is 41.8 Å². The van der Waals surface area contributed by atoms with Crippen LogP contribution >= 0.6 is 27.5 Å². The lowest BCUT2D eigenvalue weighted by atomic mass is 9.99. The smallest absolute Gasteiger partial charge is 0.141 e. The lowest BCUT2D eigenvalue weighted by Gasteiger charge is -2.16. The van der Waals surface area contributed by atoms with Crippen LogP contribution in [0.1, 0.15) is 17.2 Å². The molecule has 0 saturated heterocycles. The molecule has 1 atom stereocenters. The van der Waals surface area contributed by atoms with Gasteiger partial charge in [-0.2, -0.15) is 0 Å². The van der Waals surface area contributed by atoms with Crippen molar-refractivity contribution in [2.24, 2.45) is 5.84 Å². The predicted molar refractivity (Wildman–Crippen MR) is 79.3 cm³/mol. The van der Waals surface area contributed by atoms with Crippen LogP contribution in [0.4, 0.5) is 4.39 Å². The molecule has 0 heterocycles. The fourth-order valence-corrected chi connectivity index (χ4v) is 2.34. The molecule has 0 saturated carbocycles. The second kappa shape index (κ2) is 6.48. The fourth-order valence-electron chi connectivity index (χ4n) is 1.87. The Bertz CT molecular complexity index is 560. The zero-order chi connectivity index (χ0) is 13.8. The highest BCUT2D eigenvalue weighted by Crippen LogP contribution is 2.23. The van der Waals surface area contributed by atoms with Gasteiger partial charge in [0.15, 0.2) is 0 Å². The molecule has 2 aromatic rings. The fraction of sp³-hybridized carbons (Fsp3) is 0.143. The van der Waals surface area contributed by atoms with E-state index < -0.39 is 5.82 Å². The molecule has 100 valence electrons. The highest BCUT2D eigenvalue weighted by atomic mass is 79.9. The first-order valence-corrected chi connectivity index (χ1v) is 6.93. The van der Waals surface area contributed by atoms with Crippen molar-refractivity contribution in [3.05, 3.63) is 68.9 Å². The lowest BCUT2D eigenvalue weighted by molar-refractivity contribution is 0.551. The summed E-state index contributed by atoms with van der Waals surface area (Å²) < 4.78 is 14.1. The van der Waals surface area contributed by atoms with E-state index in [2.05, 4.69) is 21.4 Å². The molecule has 1 unspecified atom stereocenters. The maximum absolute atomic E-state index is 13.1. The molecule has 0 aliphatic carbocycles. The highest BCUT2D eigenvalue weighted by Gasteiger charge is 2.11. The molecular formula is C14H13BrClFN2. The molecule has 0 fully saturated rings. The summed E-state index contributed by atoms with van der Waals surface area (Å²) in [4.78, 5) is 0. The van der Waals surface area contributed by atoms with Crippen molar-refractivity contribution in [1.82, 2.24) is 5.43 Å². The molecule has 2 rings (SSSR count). The number of nitrogens with two attached hydrogens (primary N) is 1. The van der Waals surface area contributed by atoms with E-state index >= 15 is 0 Å². The van der Waals surface area contributed by atoms with Crippen molar-refractivity contribution in [3.8, 4) is 0 Å². The molecule has 2 aromatic carbocycles. The Morgan fingerprint density at radius 1 is 1.21 bits per heavy atom. The van der Waals surface area contributed by atoms with E-state index in [9.17, 15) is 4.39 Å². The minimum atomic E-state index is -0.411. The van der Waals surface area contributed by atoms with Crippen molar-refractivity contribution in [2.75, 3.05) is 0 Å². The summed E-state index contributed by atoms with van der Waals surface area (Å²) in [6.45, 7) is 0. The van der Waals surface area contributed by atoms with Crippen LogP contribution in [0.25, 0.3) is 0 Å². The number of hydrazine groups is 1. The van der Waals surface area contributed by atoms with Crippen LogP contribution in [0, 0.1) is 5.82 Å². The highest BCUT2D eigenvalue weighted by molar-refractivity contribution is 9.10. The van der Waals surface area contributed by atoms with Gasteiger partial charge in [-0.1, -0.05) is 45.7 Å². The minimum Gasteiger partial charge on any atom is -0.271 e. The van der Waals surface area contributed by atoms with Crippen LogP contribution in [-0.4, -0.2) is 0 Å². The summed E-state index contributed by atoms with van der Waals surface area (Å²) in [6.07, 6.45) is 0.637. The average Bonchev–Trinajstić information content (AvgIpc) is 2.41. The number of rotatable bonds is 4. The van der Waals surface area contributed by atoms with Gasteiger partial charge in [0, 0.05) is 10.5 Å². The van der Waals surface area contributed by atoms with E-state index in [0.717, 1.165) is 15.6 Å². The predicted octanol–water partition coefficient (Wildman–Crippen LogP) is 3.99. The quantitative estimate of drug-likeness (QED) is 0.651. The minimum absolute atomic E-state index is 0.0466. The largest absolute Gasteiger partial charge is 0.271 e. The Balaban J connectivity index is 2.18. The Labute approximate surface area is 124 Å². The van der Waals surface area contributed by atoms with Crippen LogP contribution in [0.3, 0.4) is 0 Å². The molecule has 0 aliphatic heterocycles. The normalized spacial score (nSPS) is 12.4. The first kappa shape index (κ1) is 14.5. The van der Waals surface area contributed by atoms with Gasteiger partial charge in [0.05, 0.1) is 5.02 Å². The zero-order valence-electron chi connectivity index (χ0n) is 10.0. The molecule has 0 aliphatic rings. The number of benzene rings is 2. The molecule has 0 aromatic heterocycles. The third kappa shape index (κ3) is 3.76. The zero-order valence-corrected chi connectivity index (χ0v) is 12.4. The van der Waals surface area contributed by atoms with Crippen LogP contribution in [-0.2, 0) is 6.42 Å². The Kier molecular flexibility index (Phi) is 4.93. The van der Waals surface area contributed by atoms with E-state index in [-0.39, 0.29) is 11.1 Å². The van der Waals surface area contributed by atoms with E-state index in [1.165, 1.54) is 6.07 Å². The van der Waals surface area contributed by atoms with Gasteiger partial charge >= 0.3 is 0 Å². The van der Waals surface area contributed by atoms with Gasteiger partial charge in [-0.25, -0.2) is 4.39 Å².